The second-order valence-corrected chi connectivity index (χ2v) is 5.56. The van der Waals surface area contributed by atoms with Crippen LogP contribution >= 0.6 is 22.9 Å². The number of aromatic nitrogens is 1. The first kappa shape index (κ1) is 12.3. The van der Waals surface area contributed by atoms with Gasteiger partial charge < -0.3 is 11.1 Å². The van der Waals surface area contributed by atoms with Crippen molar-refractivity contribution in [3.8, 4) is 0 Å². The second-order valence-electron chi connectivity index (χ2n) is 4.15. The maximum absolute atomic E-state index is 6.15. The van der Waals surface area contributed by atoms with Crippen molar-refractivity contribution in [1.29, 1.82) is 0 Å². The lowest BCUT2D eigenvalue weighted by Crippen LogP contribution is -2.00. The number of fused-ring (bicyclic) bond motifs is 1. The topological polar surface area (TPSA) is 50.9 Å². The van der Waals surface area contributed by atoms with Crippen LogP contribution in [0.5, 0.6) is 0 Å². The number of pyridine rings is 1. The standard InChI is InChI=1S/C14H12ClN3S/c15-10-3-4-12(9-2-1-6-17-14(9)10)18-8-13-11(16)5-7-19-13/h1-7,18H,8,16H2. The van der Waals surface area contributed by atoms with Gasteiger partial charge in [0, 0.05) is 27.8 Å². The molecule has 3 nitrogen and oxygen atoms in total. The molecule has 0 spiro atoms. The molecule has 2 heterocycles. The zero-order valence-corrected chi connectivity index (χ0v) is 11.6. The van der Waals surface area contributed by atoms with E-state index in [0.717, 1.165) is 27.2 Å². The Balaban J connectivity index is 1.93. The third-order valence-corrected chi connectivity index (χ3v) is 4.18. The minimum absolute atomic E-state index is 0.664. The molecule has 3 N–H and O–H groups in total. The lowest BCUT2D eigenvalue weighted by Gasteiger charge is -2.10. The van der Waals surface area contributed by atoms with E-state index in [1.807, 2.05) is 35.7 Å². The second kappa shape index (κ2) is 5.07. The van der Waals surface area contributed by atoms with E-state index in [2.05, 4.69) is 10.3 Å². The Labute approximate surface area is 120 Å². The molecule has 0 atom stereocenters. The molecule has 0 saturated heterocycles. The highest BCUT2D eigenvalue weighted by Gasteiger charge is 2.06. The van der Waals surface area contributed by atoms with Crippen molar-refractivity contribution < 1.29 is 0 Å². The normalized spacial score (nSPS) is 10.8. The maximum Gasteiger partial charge on any atom is 0.0908 e. The first-order valence-corrected chi connectivity index (χ1v) is 7.10. The summed E-state index contributed by atoms with van der Waals surface area (Å²) in [5.41, 5.74) is 8.53. The van der Waals surface area contributed by atoms with Gasteiger partial charge >= 0.3 is 0 Å². The molecule has 0 unspecified atom stereocenters. The van der Waals surface area contributed by atoms with Gasteiger partial charge in [-0.1, -0.05) is 11.6 Å². The molecule has 0 radical (unpaired) electrons. The highest BCUT2D eigenvalue weighted by atomic mass is 35.5. The molecule has 0 amide bonds. The predicted molar refractivity (Wildman–Crippen MR) is 82.8 cm³/mol. The fourth-order valence-electron chi connectivity index (χ4n) is 1.96. The Morgan fingerprint density at radius 3 is 2.95 bits per heavy atom. The molecule has 0 saturated carbocycles. The van der Waals surface area contributed by atoms with Gasteiger partial charge in [-0.2, -0.15) is 0 Å². The Morgan fingerprint density at radius 1 is 1.26 bits per heavy atom. The van der Waals surface area contributed by atoms with Gasteiger partial charge in [0.05, 0.1) is 17.1 Å². The molecule has 0 fully saturated rings. The summed E-state index contributed by atoms with van der Waals surface area (Å²) in [7, 11) is 0. The van der Waals surface area contributed by atoms with Crippen molar-refractivity contribution in [3.63, 3.8) is 0 Å². The predicted octanol–water partition coefficient (Wildman–Crippen LogP) is 4.14. The number of thiophene rings is 1. The van der Waals surface area contributed by atoms with Crippen molar-refractivity contribution >= 4 is 45.2 Å². The van der Waals surface area contributed by atoms with Gasteiger partial charge in [-0.25, -0.2) is 0 Å². The maximum atomic E-state index is 6.15. The number of anilines is 2. The third-order valence-electron chi connectivity index (χ3n) is 2.94. The highest BCUT2D eigenvalue weighted by Crippen LogP contribution is 2.29. The van der Waals surface area contributed by atoms with Gasteiger partial charge in [-0.3, -0.25) is 4.98 Å². The van der Waals surface area contributed by atoms with Gasteiger partial charge in [0.2, 0.25) is 0 Å². The van der Waals surface area contributed by atoms with Crippen molar-refractivity contribution in [2.45, 2.75) is 6.54 Å². The number of benzene rings is 1. The minimum atomic E-state index is 0.664. The fourth-order valence-corrected chi connectivity index (χ4v) is 2.91. The van der Waals surface area contributed by atoms with E-state index in [1.165, 1.54) is 0 Å². The number of nitrogen functional groups attached to an aromatic ring is 1. The summed E-state index contributed by atoms with van der Waals surface area (Å²) in [6.45, 7) is 0.703. The largest absolute Gasteiger partial charge is 0.398 e. The van der Waals surface area contributed by atoms with Gasteiger partial charge in [0.1, 0.15) is 0 Å². The zero-order chi connectivity index (χ0) is 13.2. The molecule has 2 aromatic heterocycles. The molecule has 5 heteroatoms. The van der Waals surface area contributed by atoms with Crippen LogP contribution in [-0.2, 0) is 6.54 Å². The summed E-state index contributed by atoms with van der Waals surface area (Å²) in [5.74, 6) is 0. The summed E-state index contributed by atoms with van der Waals surface area (Å²) in [5, 5.41) is 7.07. The lowest BCUT2D eigenvalue weighted by atomic mass is 10.2. The van der Waals surface area contributed by atoms with E-state index < -0.39 is 0 Å². The Morgan fingerprint density at radius 2 is 2.16 bits per heavy atom. The van der Waals surface area contributed by atoms with E-state index in [-0.39, 0.29) is 0 Å². The van der Waals surface area contributed by atoms with Gasteiger partial charge in [0.15, 0.2) is 0 Å². The summed E-state index contributed by atoms with van der Waals surface area (Å²) in [4.78, 5) is 5.44. The monoisotopic (exact) mass is 289 g/mol. The minimum Gasteiger partial charge on any atom is -0.398 e. The number of rotatable bonds is 3. The van der Waals surface area contributed by atoms with Gasteiger partial charge in [-0.15, -0.1) is 11.3 Å². The average Bonchev–Trinajstić information content (AvgIpc) is 2.84. The van der Waals surface area contributed by atoms with Crippen LogP contribution in [0.15, 0.2) is 41.9 Å². The molecule has 3 aromatic rings. The first-order chi connectivity index (χ1) is 9.25. The van der Waals surface area contributed by atoms with E-state index in [4.69, 9.17) is 17.3 Å². The number of halogens is 1. The van der Waals surface area contributed by atoms with E-state index >= 15 is 0 Å². The Hall–Kier alpha value is -1.78. The van der Waals surface area contributed by atoms with Crippen LogP contribution in [0, 0.1) is 0 Å². The number of nitrogens with one attached hydrogen (secondary N) is 1. The summed E-state index contributed by atoms with van der Waals surface area (Å²) < 4.78 is 0. The van der Waals surface area contributed by atoms with E-state index in [0.29, 0.717) is 11.6 Å². The quantitative estimate of drug-likeness (QED) is 0.762. The van der Waals surface area contributed by atoms with Crippen molar-refractivity contribution in [2.75, 3.05) is 11.1 Å². The van der Waals surface area contributed by atoms with Gasteiger partial charge in [-0.05, 0) is 35.7 Å². The summed E-state index contributed by atoms with van der Waals surface area (Å²) >= 11 is 7.79. The van der Waals surface area contributed by atoms with E-state index in [9.17, 15) is 0 Å². The van der Waals surface area contributed by atoms with Crippen molar-refractivity contribution in [3.05, 3.63) is 51.8 Å². The molecular formula is C14H12ClN3S. The van der Waals surface area contributed by atoms with Crippen LogP contribution in [0.3, 0.4) is 0 Å². The highest BCUT2D eigenvalue weighted by molar-refractivity contribution is 7.10. The molecule has 0 aliphatic carbocycles. The van der Waals surface area contributed by atoms with Crippen LogP contribution in [0.1, 0.15) is 4.88 Å². The molecule has 96 valence electrons. The lowest BCUT2D eigenvalue weighted by molar-refractivity contribution is 1.20. The van der Waals surface area contributed by atoms with Crippen molar-refractivity contribution in [2.24, 2.45) is 0 Å². The number of hydrogen-bond acceptors (Lipinski definition) is 4. The third kappa shape index (κ3) is 2.37. The molecular weight excluding hydrogens is 278 g/mol. The van der Waals surface area contributed by atoms with Crippen LogP contribution < -0.4 is 11.1 Å². The Kier molecular flexibility index (Phi) is 3.27. The fraction of sp³-hybridized carbons (Fsp3) is 0.0714. The number of nitrogens with two attached hydrogens (primary N) is 1. The zero-order valence-electron chi connectivity index (χ0n) is 10.1. The van der Waals surface area contributed by atoms with Crippen LogP contribution in [-0.4, -0.2) is 4.98 Å². The van der Waals surface area contributed by atoms with Crippen molar-refractivity contribution in [1.82, 2.24) is 4.98 Å². The molecule has 1 aromatic carbocycles. The van der Waals surface area contributed by atoms with Crippen LogP contribution in [0.2, 0.25) is 5.02 Å². The first-order valence-electron chi connectivity index (χ1n) is 5.84. The van der Waals surface area contributed by atoms with Gasteiger partial charge in [0.25, 0.3) is 0 Å². The number of nitrogens with zero attached hydrogens (tertiary/aromatic N) is 1. The molecule has 0 aliphatic rings. The SMILES string of the molecule is Nc1ccsc1CNc1ccc(Cl)c2ncccc12. The summed E-state index contributed by atoms with van der Waals surface area (Å²) in [6, 6.07) is 9.66. The summed E-state index contributed by atoms with van der Waals surface area (Å²) in [6.07, 6.45) is 1.75. The van der Waals surface area contributed by atoms with Crippen LogP contribution in [0.4, 0.5) is 11.4 Å². The average molecular weight is 290 g/mol. The molecule has 3 rings (SSSR count). The van der Waals surface area contributed by atoms with Crippen LogP contribution in [0.25, 0.3) is 10.9 Å². The Bertz CT molecular complexity index is 724. The molecule has 0 bridgehead atoms. The van der Waals surface area contributed by atoms with E-state index in [1.54, 1.807) is 17.5 Å². The molecule has 19 heavy (non-hydrogen) atoms. The number of hydrogen-bond donors (Lipinski definition) is 2. The molecule has 0 aliphatic heterocycles. The smallest absolute Gasteiger partial charge is 0.0908 e.